The Morgan fingerprint density at radius 2 is 1.69 bits per heavy atom. The zero-order valence-electron chi connectivity index (χ0n) is 14.7. The number of nitrogens with zero attached hydrogens (tertiary/aromatic N) is 6. The van der Waals surface area contributed by atoms with Crippen LogP contribution >= 0.6 is 11.3 Å². The second-order valence-electron chi connectivity index (χ2n) is 6.48. The minimum absolute atomic E-state index is 0.176. The van der Waals surface area contributed by atoms with E-state index in [4.69, 9.17) is 16.5 Å². The van der Waals surface area contributed by atoms with Crippen LogP contribution in [-0.4, -0.2) is 55.9 Å². The highest BCUT2D eigenvalue weighted by Gasteiger charge is 2.24. The van der Waals surface area contributed by atoms with Crippen LogP contribution < -0.4 is 11.5 Å². The Morgan fingerprint density at radius 3 is 2.38 bits per heavy atom. The molecule has 1 atom stereocenters. The minimum atomic E-state index is 0.176. The second-order valence-corrected chi connectivity index (χ2v) is 7.54. The Balaban J connectivity index is 1.38. The number of hydrogen-bond donors (Lipinski definition) is 2. The van der Waals surface area contributed by atoms with Gasteiger partial charge in [-0.25, -0.2) is 4.98 Å². The van der Waals surface area contributed by atoms with Crippen molar-refractivity contribution in [3.63, 3.8) is 0 Å². The molecule has 0 saturated carbocycles. The number of anilines is 2. The number of benzene rings is 1. The van der Waals surface area contributed by atoms with Gasteiger partial charge in [0.15, 0.2) is 0 Å². The molecule has 0 radical (unpaired) electrons. The molecule has 1 saturated heterocycles. The van der Waals surface area contributed by atoms with Crippen molar-refractivity contribution in [2.24, 2.45) is 0 Å². The van der Waals surface area contributed by atoms with Crippen LogP contribution in [0, 0.1) is 0 Å². The average molecular weight is 370 g/mol. The molecule has 2 aromatic heterocycles. The quantitative estimate of drug-likeness (QED) is 0.711. The number of hydrogen-bond acceptors (Lipinski definition) is 9. The van der Waals surface area contributed by atoms with Gasteiger partial charge in [0.1, 0.15) is 10.8 Å². The summed E-state index contributed by atoms with van der Waals surface area (Å²) in [5, 5.41) is 1.18. The molecule has 1 fully saturated rings. The molecule has 4 N–H and O–H groups in total. The molecule has 26 heavy (non-hydrogen) atoms. The summed E-state index contributed by atoms with van der Waals surface area (Å²) in [5.41, 5.74) is 12.4. The van der Waals surface area contributed by atoms with Crippen LogP contribution in [0.4, 0.5) is 11.9 Å². The van der Waals surface area contributed by atoms with Gasteiger partial charge in [-0.2, -0.15) is 15.0 Å². The molecule has 0 spiro atoms. The SMILES string of the molecule is C[C@H](c1nc2ccccc2s1)N1CCN(Cc2nc(N)nc(N)n2)CC1. The maximum atomic E-state index is 5.65. The van der Waals surface area contributed by atoms with Crippen LogP contribution in [0.15, 0.2) is 24.3 Å². The maximum absolute atomic E-state index is 5.65. The van der Waals surface area contributed by atoms with Crippen molar-refractivity contribution in [3.8, 4) is 0 Å². The fraction of sp³-hybridized carbons (Fsp3) is 0.412. The number of para-hydroxylation sites is 1. The number of nitrogen functional groups attached to an aromatic ring is 2. The van der Waals surface area contributed by atoms with Gasteiger partial charge < -0.3 is 11.5 Å². The normalized spacial score (nSPS) is 17.6. The van der Waals surface area contributed by atoms with E-state index in [9.17, 15) is 0 Å². The fourth-order valence-electron chi connectivity index (χ4n) is 3.26. The molecule has 0 bridgehead atoms. The molecule has 0 unspecified atom stereocenters. The van der Waals surface area contributed by atoms with Crippen molar-refractivity contribution in [3.05, 3.63) is 35.1 Å². The highest BCUT2D eigenvalue weighted by molar-refractivity contribution is 7.18. The van der Waals surface area contributed by atoms with Crippen molar-refractivity contribution in [1.82, 2.24) is 29.7 Å². The maximum Gasteiger partial charge on any atom is 0.225 e. The van der Waals surface area contributed by atoms with E-state index in [-0.39, 0.29) is 11.9 Å². The third kappa shape index (κ3) is 3.59. The van der Waals surface area contributed by atoms with Crippen LogP contribution in [-0.2, 0) is 6.54 Å². The number of rotatable bonds is 4. The lowest BCUT2D eigenvalue weighted by Gasteiger charge is -2.37. The zero-order valence-corrected chi connectivity index (χ0v) is 15.5. The molecule has 9 heteroatoms. The molecule has 0 amide bonds. The number of aromatic nitrogens is 4. The lowest BCUT2D eigenvalue weighted by molar-refractivity contribution is 0.0962. The van der Waals surface area contributed by atoms with Gasteiger partial charge in [0.05, 0.1) is 22.8 Å². The lowest BCUT2D eigenvalue weighted by Crippen LogP contribution is -2.46. The van der Waals surface area contributed by atoms with Crippen LogP contribution in [0.2, 0.25) is 0 Å². The highest BCUT2D eigenvalue weighted by atomic mass is 32.1. The second kappa shape index (κ2) is 7.10. The zero-order chi connectivity index (χ0) is 18.1. The smallest absolute Gasteiger partial charge is 0.225 e. The van der Waals surface area contributed by atoms with E-state index in [2.05, 4.69) is 49.9 Å². The van der Waals surface area contributed by atoms with Gasteiger partial charge in [0, 0.05) is 26.2 Å². The van der Waals surface area contributed by atoms with Crippen LogP contribution in [0.3, 0.4) is 0 Å². The van der Waals surface area contributed by atoms with Crippen molar-refractivity contribution in [1.29, 1.82) is 0 Å². The Kier molecular flexibility index (Phi) is 4.66. The molecule has 3 aromatic rings. The van der Waals surface area contributed by atoms with Gasteiger partial charge in [-0.3, -0.25) is 9.80 Å². The van der Waals surface area contributed by atoms with Gasteiger partial charge in [-0.1, -0.05) is 12.1 Å². The number of nitrogens with two attached hydrogens (primary N) is 2. The minimum Gasteiger partial charge on any atom is -0.368 e. The van der Waals surface area contributed by atoms with Crippen molar-refractivity contribution < 1.29 is 0 Å². The monoisotopic (exact) mass is 370 g/mol. The molecule has 1 aliphatic heterocycles. The van der Waals surface area contributed by atoms with Crippen molar-refractivity contribution in [2.45, 2.75) is 19.5 Å². The summed E-state index contributed by atoms with van der Waals surface area (Å²) in [6.07, 6.45) is 0. The number of thiazole rings is 1. The Bertz CT molecular complexity index is 849. The summed E-state index contributed by atoms with van der Waals surface area (Å²) >= 11 is 1.78. The molecule has 3 heterocycles. The van der Waals surface area contributed by atoms with E-state index in [1.54, 1.807) is 11.3 Å². The molecule has 0 aliphatic carbocycles. The van der Waals surface area contributed by atoms with Crippen LogP contribution in [0.1, 0.15) is 23.8 Å². The summed E-state index contributed by atoms with van der Waals surface area (Å²) in [7, 11) is 0. The number of piperazine rings is 1. The first-order valence-corrected chi connectivity index (χ1v) is 9.48. The standard InChI is InChI=1S/C17H22N8S/c1-11(15-20-12-4-2-3-5-13(12)26-15)25-8-6-24(7-9-25)10-14-21-16(18)23-17(19)22-14/h2-5,11H,6-10H2,1H3,(H4,18,19,21,22,23)/t11-/m1/s1. The first-order chi connectivity index (χ1) is 12.6. The molecular weight excluding hydrogens is 348 g/mol. The summed E-state index contributed by atoms with van der Waals surface area (Å²) < 4.78 is 1.25. The third-order valence-electron chi connectivity index (χ3n) is 4.70. The Morgan fingerprint density at radius 1 is 1.00 bits per heavy atom. The van der Waals surface area contributed by atoms with E-state index in [0.29, 0.717) is 18.4 Å². The van der Waals surface area contributed by atoms with Gasteiger partial charge >= 0.3 is 0 Å². The number of fused-ring (bicyclic) bond motifs is 1. The van der Waals surface area contributed by atoms with Crippen molar-refractivity contribution in [2.75, 3.05) is 37.6 Å². The Labute approximate surface area is 155 Å². The van der Waals surface area contributed by atoms with E-state index >= 15 is 0 Å². The molecule has 1 aromatic carbocycles. The van der Waals surface area contributed by atoms with Gasteiger partial charge in [-0.15, -0.1) is 11.3 Å². The highest BCUT2D eigenvalue weighted by Crippen LogP contribution is 2.30. The van der Waals surface area contributed by atoms with E-state index in [0.717, 1.165) is 31.7 Å². The summed E-state index contributed by atoms with van der Waals surface area (Å²) in [6, 6.07) is 8.63. The molecule has 8 nitrogen and oxygen atoms in total. The van der Waals surface area contributed by atoms with Gasteiger partial charge in [-0.05, 0) is 19.1 Å². The largest absolute Gasteiger partial charge is 0.368 e. The topological polar surface area (TPSA) is 110 Å². The summed E-state index contributed by atoms with van der Waals surface area (Å²) in [6.45, 7) is 6.72. The third-order valence-corrected chi connectivity index (χ3v) is 5.91. The predicted molar refractivity (Wildman–Crippen MR) is 104 cm³/mol. The summed E-state index contributed by atoms with van der Waals surface area (Å²) in [4.78, 5) is 21.7. The lowest BCUT2D eigenvalue weighted by atomic mass is 10.2. The predicted octanol–water partition coefficient (Wildman–Crippen LogP) is 1.52. The van der Waals surface area contributed by atoms with Gasteiger partial charge in [0.25, 0.3) is 0 Å². The first kappa shape index (κ1) is 17.1. The average Bonchev–Trinajstić information content (AvgIpc) is 3.05. The van der Waals surface area contributed by atoms with E-state index < -0.39 is 0 Å². The van der Waals surface area contributed by atoms with E-state index in [1.165, 1.54) is 9.71 Å². The molecule has 1 aliphatic rings. The van der Waals surface area contributed by atoms with E-state index in [1.807, 2.05) is 6.07 Å². The van der Waals surface area contributed by atoms with Crippen molar-refractivity contribution >= 4 is 33.5 Å². The van der Waals surface area contributed by atoms with Crippen LogP contribution in [0.5, 0.6) is 0 Å². The van der Waals surface area contributed by atoms with Gasteiger partial charge in [0.2, 0.25) is 11.9 Å². The summed E-state index contributed by atoms with van der Waals surface area (Å²) in [5.74, 6) is 0.980. The molecule has 4 rings (SSSR count). The first-order valence-electron chi connectivity index (χ1n) is 8.66. The molecular formula is C17H22N8S. The Hall–Kier alpha value is -2.36. The fourth-order valence-corrected chi connectivity index (χ4v) is 4.31. The molecule has 136 valence electrons. The van der Waals surface area contributed by atoms with Crippen LogP contribution in [0.25, 0.3) is 10.2 Å².